The highest BCUT2D eigenvalue weighted by atomic mass is 16.5. The molecule has 0 atom stereocenters. The van der Waals surface area contributed by atoms with Crippen molar-refractivity contribution in [2.45, 2.75) is 47.0 Å². The lowest BCUT2D eigenvalue weighted by molar-refractivity contribution is 0.144. The van der Waals surface area contributed by atoms with E-state index in [0.717, 1.165) is 63.8 Å². The van der Waals surface area contributed by atoms with Gasteiger partial charge in [0.1, 0.15) is 0 Å². The van der Waals surface area contributed by atoms with Crippen molar-refractivity contribution in [3.63, 3.8) is 0 Å². The topological polar surface area (TPSA) is 63.5 Å². The molecule has 0 unspecified atom stereocenters. The molecule has 0 radical (unpaired) electrons. The van der Waals surface area contributed by atoms with Gasteiger partial charge in [0.25, 0.3) is 0 Å². The van der Waals surface area contributed by atoms with E-state index in [0.29, 0.717) is 0 Å². The first kappa shape index (κ1) is 19.5. The molecule has 0 aliphatic carbocycles. The molecular weight excluding hydrogens is 290 g/mol. The highest BCUT2D eigenvalue weighted by Gasteiger charge is 2.08. The number of aromatic nitrogens is 2. The lowest BCUT2D eigenvalue weighted by Gasteiger charge is -2.11. The number of aryl methyl sites for hydroxylation is 2. The van der Waals surface area contributed by atoms with Crippen LogP contribution >= 0.6 is 0 Å². The van der Waals surface area contributed by atoms with E-state index in [1.807, 2.05) is 18.7 Å². The van der Waals surface area contributed by atoms with Crippen LogP contribution in [0.3, 0.4) is 0 Å². The number of guanidine groups is 1. The number of hydrogen-bond donors (Lipinski definition) is 2. The fourth-order valence-electron chi connectivity index (χ4n) is 2.48. The molecule has 23 heavy (non-hydrogen) atoms. The van der Waals surface area contributed by atoms with Crippen LogP contribution in [0.4, 0.5) is 0 Å². The number of nitrogens with one attached hydrogen (secondary N) is 2. The molecule has 1 heterocycles. The van der Waals surface area contributed by atoms with Crippen molar-refractivity contribution in [3.05, 3.63) is 17.0 Å². The molecule has 1 rings (SSSR count). The maximum atomic E-state index is 5.34. The normalized spacial score (nSPS) is 11.8. The predicted molar refractivity (Wildman–Crippen MR) is 96.1 cm³/mol. The average molecular weight is 323 g/mol. The molecular formula is C17H33N5O. The molecule has 0 saturated carbocycles. The SMILES string of the molecule is CCNC(=NCCCCOCC)NCCc1c(C)nn(C)c1C. The second kappa shape index (κ2) is 11.0. The van der Waals surface area contributed by atoms with Gasteiger partial charge in [-0.3, -0.25) is 9.67 Å². The van der Waals surface area contributed by atoms with Crippen LogP contribution in [0.1, 0.15) is 43.6 Å². The van der Waals surface area contributed by atoms with Gasteiger partial charge in [0.15, 0.2) is 5.96 Å². The highest BCUT2D eigenvalue weighted by Crippen LogP contribution is 2.11. The zero-order chi connectivity index (χ0) is 17.1. The Hall–Kier alpha value is -1.56. The van der Waals surface area contributed by atoms with Gasteiger partial charge in [-0.25, -0.2) is 0 Å². The summed E-state index contributed by atoms with van der Waals surface area (Å²) in [6, 6.07) is 0. The van der Waals surface area contributed by atoms with E-state index in [4.69, 9.17) is 4.74 Å². The Balaban J connectivity index is 2.37. The summed E-state index contributed by atoms with van der Waals surface area (Å²) < 4.78 is 7.29. The number of unbranched alkanes of at least 4 members (excludes halogenated alkanes) is 1. The van der Waals surface area contributed by atoms with Crippen molar-refractivity contribution in [1.29, 1.82) is 0 Å². The molecule has 0 amide bonds. The third kappa shape index (κ3) is 7.03. The maximum absolute atomic E-state index is 5.34. The van der Waals surface area contributed by atoms with Crippen LogP contribution < -0.4 is 10.6 Å². The molecule has 1 aromatic rings. The van der Waals surface area contributed by atoms with Gasteiger partial charge in [0, 0.05) is 45.6 Å². The second-order valence-corrected chi connectivity index (χ2v) is 5.61. The first-order chi connectivity index (χ1) is 11.1. The molecule has 132 valence electrons. The summed E-state index contributed by atoms with van der Waals surface area (Å²) >= 11 is 0. The van der Waals surface area contributed by atoms with Gasteiger partial charge in [-0.2, -0.15) is 5.10 Å². The van der Waals surface area contributed by atoms with Gasteiger partial charge in [0.05, 0.1) is 5.69 Å². The third-order valence-corrected chi connectivity index (χ3v) is 3.84. The third-order valence-electron chi connectivity index (χ3n) is 3.84. The fourth-order valence-corrected chi connectivity index (χ4v) is 2.48. The van der Waals surface area contributed by atoms with E-state index in [1.54, 1.807) is 0 Å². The van der Waals surface area contributed by atoms with Crippen molar-refractivity contribution in [2.24, 2.45) is 12.0 Å². The first-order valence-corrected chi connectivity index (χ1v) is 8.69. The van der Waals surface area contributed by atoms with E-state index >= 15 is 0 Å². The highest BCUT2D eigenvalue weighted by molar-refractivity contribution is 5.79. The van der Waals surface area contributed by atoms with Gasteiger partial charge in [-0.15, -0.1) is 0 Å². The minimum atomic E-state index is 0.792. The summed E-state index contributed by atoms with van der Waals surface area (Å²) in [6.07, 6.45) is 3.07. The standard InChI is InChI=1S/C17H33N5O/c1-6-18-17(19-11-8-9-13-23-7-2)20-12-10-16-14(3)21-22(5)15(16)4/h6-13H2,1-5H3,(H2,18,19,20). The van der Waals surface area contributed by atoms with E-state index in [9.17, 15) is 0 Å². The lowest BCUT2D eigenvalue weighted by atomic mass is 10.1. The Morgan fingerprint density at radius 1 is 1.22 bits per heavy atom. The second-order valence-electron chi connectivity index (χ2n) is 5.61. The summed E-state index contributed by atoms with van der Waals surface area (Å²) in [6.45, 7) is 12.5. The zero-order valence-corrected chi connectivity index (χ0v) is 15.4. The van der Waals surface area contributed by atoms with Crippen LogP contribution in [0.2, 0.25) is 0 Å². The maximum Gasteiger partial charge on any atom is 0.191 e. The van der Waals surface area contributed by atoms with Crippen molar-refractivity contribution < 1.29 is 4.74 Å². The van der Waals surface area contributed by atoms with Gasteiger partial charge in [0.2, 0.25) is 0 Å². The number of aliphatic imine (C=N–C) groups is 1. The molecule has 2 N–H and O–H groups in total. The first-order valence-electron chi connectivity index (χ1n) is 8.69. The summed E-state index contributed by atoms with van der Waals surface area (Å²) in [5.74, 6) is 0.892. The van der Waals surface area contributed by atoms with Crippen molar-refractivity contribution in [1.82, 2.24) is 20.4 Å². The lowest BCUT2D eigenvalue weighted by Crippen LogP contribution is -2.38. The Kier molecular flexibility index (Phi) is 9.36. The molecule has 0 aromatic carbocycles. The van der Waals surface area contributed by atoms with Crippen molar-refractivity contribution in [3.8, 4) is 0 Å². The minimum Gasteiger partial charge on any atom is -0.382 e. The number of hydrogen-bond acceptors (Lipinski definition) is 3. The smallest absolute Gasteiger partial charge is 0.191 e. The van der Waals surface area contributed by atoms with Crippen LogP contribution in [0.25, 0.3) is 0 Å². The molecule has 1 aromatic heterocycles. The van der Waals surface area contributed by atoms with Gasteiger partial charge >= 0.3 is 0 Å². The van der Waals surface area contributed by atoms with E-state index in [2.05, 4.69) is 41.5 Å². The van der Waals surface area contributed by atoms with E-state index < -0.39 is 0 Å². The molecule has 0 aliphatic rings. The number of rotatable bonds is 10. The van der Waals surface area contributed by atoms with Crippen LogP contribution in [0.5, 0.6) is 0 Å². The Morgan fingerprint density at radius 2 is 2.00 bits per heavy atom. The summed E-state index contributed by atoms with van der Waals surface area (Å²) in [5.41, 5.74) is 3.68. The summed E-state index contributed by atoms with van der Waals surface area (Å²) in [7, 11) is 1.99. The van der Waals surface area contributed by atoms with Crippen molar-refractivity contribution >= 4 is 5.96 Å². The predicted octanol–water partition coefficient (Wildman–Crippen LogP) is 1.95. The quantitative estimate of drug-likeness (QED) is 0.392. The molecule has 0 bridgehead atoms. The Bertz CT molecular complexity index is 482. The fraction of sp³-hybridized carbons (Fsp3) is 0.765. The van der Waals surface area contributed by atoms with Gasteiger partial charge in [-0.1, -0.05) is 0 Å². The number of nitrogens with zero attached hydrogens (tertiary/aromatic N) is 3. The zero-order valence-electron chi connectivity index (χ0n) is 15.4. The summed E-state index contributed by atoms with van der Waals surface area (Å²) in [5, 5.41) is 11.2. The molecule has 0 aliphatic heterocycles. The molecule has 0 fully saturated rings. The Morgan fingerprint density at radius 3 is 2.61 bits per heavy atom. The minimum absolute atomic E-state index is 0.792. The largest absolute Gasteiger partial charge is 0.382 e. The van der Waals surface area contributed by atoms with E-state index in [-0.39, 0.29) is 0 Å². The van der Waals surface area contributed by atoms with Crippen LogP contribution in [-0.2, 0) is 18.2 Å². The molecule has 6 nitrogen and oxygen atoms in total. The van der Waals surface area contributed by atoms with Crippen molar-refractivity contribution in [2.75, 3.05) is 32.8 Å². The molecule has 0 saturated heterocycles. The van der Waals surface area contributed by atoms with Gasteiger partial charge < -0.3 is 15.4 Å². The summed E-state index contributed by atoms with van der Waals surface area (Å²) in [4.78, 5) is 4.61. The number of ether oxygens (including phenoxy) is 1. The van der Waals surface area contributed by atoms with Crippen LogP contribution in [-0.4, -0.2) is 48.6 Å². The Labute approximate surface area is 140 Å². The molecule has 0 spiro atoms. The van der Waals surface area contributed by atoms with Gasteiger partial charge in [-0.05, 0) is 52.5 Å². The average Bonchev–Trinajstić information content (AvgIpc) is 2.76. The van der Waals surface area contributed by atoms with E-state index in [1.165, 1.54) is 11.3 Å². The molecule has 6 heteroatoms. The monoisotopic (exact) mass is 323 g/mol. The van der Waals surface area contributed by atoms with Crippen LogP contribution in [0.15, 0.2) is 4.99 Å². The van der Waals surface area contributed by atoms with Crippen LogP contribution in [0, 0.1) is 13.8 Å².